The Morgan fingerprint density at radius 3 is 2.80 bits per heavy atom. The Balaban J connectivity index is 1.50. The molecule has 0 aliphatic heterocycles. The van der Waals surface area contributed by atoms with Crippen molar-refractivity contribution < 1.29 is 9.47 Å². The summed E-state index contributed by atoms with van der Waals surface area (Å²) in [6.45, 7) is 3.08. The lowest BCUT2D eigenvalue weighted by Crippen LogP contribution is -2.17. The maximum absolute atomic E-state index is 5.63. The monoisotopic (exact) mass is 275 g/mol. The van der Waals surface area contributed by atoms with Gasteiger partial charge in [0.25, 0.3) is 0 Å². The Labute approximate surface area is 119 Å². The van der Waals surface area contributed by atoms with E-state index in [1.807, 2.05) is 30.5 Å². The van der Waals surface area contributed by atoms with Crippen LogP contribution >= 0.6 is 0 Å². The first-order chi connectivity index (χ1) is 9.88. The lowest BCUT2D eigenvalue weighted by atomic mass is 10.2. The molecule has 0 aliphatic carbocycles. The summed E-state index contributed by atoms with van der Waals surface area (Å²) in [5.41, 5.74) is 1.16. The van der Waals surface area contributed by atoms with Crippen molar-refractivity contribution >= 4 is 0 Å². The van der Waals surface area contributed by atoms with Gasteiger partial charge in [0.05, 0.1) is 20.3 Å². The molecule has 0 atom stereocenters. The molecule has 2 aromatic rings. The molecule has 0 bridgehead atoms. The molecule has 108 valence electrons. The molecule has 0 aliphatic rings. The van der Waals surface area contributed by atoms with Crippen LogP contribution in [0.25, 0.3) is 0 Å². The van der Waals surface area contributed by atoms with Crippen molar-refractivity contribution in [2.24, 2.45) is 0 Å². The Morgan fingerprint density at radius 2 is 2.10 bits per heavy atom. The zero-order chi connectivity index (χ0) is 14.0. The normalized spacial score (nSPS) is 10.7. The third kappa shape index (κ3) is 5.03. The second kappa shape index (κ2) is 8.35. The average Bonchev–Trinajstić information content (AvgIpc) is 3.00. The smallest absolute Gasteiger partial charge is 0.120 e. The lowest BCUT2D eigenvalue weighted by molar-refractivity contribution is 0.118. The van der Waals surface area contributed by atoms with E-state index in [4.69, 9.17) is 9.47 Å². The summed E-state index contributed by atoms with van der Waals surface area (Å²) in [4.78, 5) is 7.20. The molecule has 1 heterocycles. The molecule has 5 heteroatoms. The number of imidazole rings is 1. The highest BCUT2D eigenvalue weighted by Crippen LogP contribution is 2.11. The van der Waals surface area contributed by atoms with Crippen LogP contribution in [0.5, 0.6) is 5.75 Å². The van der Waals surface area contributed by atoms with Crippen LogP contribution in [0, 0.1) is 0 Å². The van der Waals surface area contributed by atoms with Gasteiger partial charge in [0.1, 0.15) is 11.6 Å². The molecule has 0 saturated carbocycles. The van der Waals surface area contributed by atoms with Gasteiger partial charge in [-0.15, -0.1) is 0 Å². The molecule has 20 heavy (non-hydrogen) atoms. The fraction of sp³-hybridized carbons (Fsp3) is 0.400. The summed E-state index contributed by atoms with van der Waals surface area (Å²) in [5, 5.41) is 3.31. The molecule has 1 aromatic carbocycles. The highest BCUT2D eigenvalue weighted by Gasteiger charge is 1.96. The number of ether oxygens (including phenoxy) is 2. The topological polar surface area (TPSA) is 59.2 Å². The van der Waals surface area contributed by atoms with E-state index in [0.29, 0.717) is 6.61 Å². The predicted molar refractivity (Wildman–Crippen MR) is 77.6 cm³/mol. The van der Waals surface area contributed by atoms with Crippen LogP contribution in [0.15, 0.2) is 36.7 Å². The van der Waals surface area contributed by atoms with Gasteiger partial charge >= 0.3 is 0 Å². The standard InChI is InChI=1S/C15H21N3O2/c1-19-14-5-3-13(4-6-14)12-20-10-2-7-16-11-15-17-8-9-18-15/h3-6,8-9,16H,2,7,10-12H2,1H3,(H,17,18). The maximum atomic E-state index is 5.63. The molecule has 5 nitrogen and oxygen atoms in total. The predicted octanol–water partition coefficient (Wildman–Crippen LogP) is 2.11. The molecule has 0 unspecified atom stereocenters. The summed E-state index contributed by atoms with van der Waals surface area (Å²) < 4.78 is 10.7. The SMILES string of the molecule is COc1ccc(COCCCNCc2ncc[nH]2)cc1. The summed E-state index contributed by atoms with van der Waals surface area (Å²) in [6, 6.07) is 7.94. The van der Waals surface area contributed by atoms with Gasteiger partial charge in [-0.2, -0.15) is 0 Å². The molecule has 2 rings (SSSR count). The largest absolute Gasteiger partial charge is 0.497 e. The first kappa shape index (κ1) is 14.6. The number of H-pyrrole nitrogens is 1. The molecule has 0 fully saturated rings. The lowest BCUT2D eigenvalue weighted by Gasteiger charge is -2.06. The van der Waals surface area contributed by atoms with Gasteiger partial charge in [0.2, 0.25) is 0 Å². The number of rotatable bonds is 9. The second-order valence-corrected chi connectivity index (χ2v) is 4.47. The minimum Gasteiger partial charge on any atom is -0.497 e. The number of benzene rings is 1. The van der Waals surface area contributed by atoms with Gasteiger partial charge in [0.15, 0.2) is 0 Å². The van der Waals surface area contributed by atoms with Gasteiger partial charge in [-0.25, -0.2) is 4.98 Å². The summed E-state index contributed by atoms with van der Waals surface area (Å²) in [5.74, 6) is 1.83. The fourth-order valence-corrected chi connectivity index (χ4v) is 1.81. The number of nitrogens with one attached hydrogen (secondary N) is 2. The highest BCUT2D eigenvalue weighted by atomic mass is 16.5. The van der Waals surface area contributed by atoms with Gasteiger partial charge in [-0.05, 0) is 30.7 Å². The number of aromatic amines is 1. The van der Waals surface area contributed by atoms with Crippen LogP contribution in [0.3, 0.4) is 0 Å². The molecule has 0 saturated heterocycles. The van der Waals surface area contributed by atoms with Crippen LogP contribution in [-0.2, 0) is 17.9 Å². The molecule has 0 spiro atoms. The van der Waals surface area contributed by atoms with E-state index in [1.165, 1.54) is 0 Å². The fourth-order valence-electron chi connectivity index (χ4n) is 1.81. The van der Waals surface area contributed by atoms with E-state index in [1.54, 1.807) is 13.3 Å². The van der Waals surface area contributed by atoms with Gasteiger partial charge in [-0.1, -0.05) is 12.1 Å². The van der Waals surface area contributed by atoms with Crippen molar-refractivity contribution in [3.05, 3.63) is 48.0 Å². The van der Waals surface area contributed by atoms with E-state index in [9.17, 15) is 0 Å². The molecular formula is C15H21N3O2. The molecule has 0 amide bonds. The maximum Gasteiger partial charge on any atom is 0.120 e. The van der Waals surface area contributed by atoms with Crippen LogP contribution in [-0.4, -0.2) is 30.2 Å². The number of nitrogens with zero attached hydrogens (tertiary/aromatic N) is 1. The Bertz CT molecular complexity index is 468. The second-order valence-electron chi connectivity index (χ2n) is 4.47. The van der Waals surface area contributed by atoms with Crippen molar-refractivity contribution in [2.45, 2.75) is 19.6 Å². The van der Waals surface area contributed by atoms with Crippen molar-refractivity contribution in [2.75, 3.05) is 20.3 Å². The number of hydrogen-bond donors (Lipinski definition) is 2. The van der Waals surface area contributed by atoms with E-state index < -0.39 is 0 Å². The molecular weight excluding hydrogens is 254 g/mol. The summed E-state index contributed by atoms with van der Waals surface area (Å²) in [7, 11) is 1.67. The molecule has 1 aromatic heterocycles. The third-order valence-electron chi connectivity index (χ3n) is 2.92. The third-order valence-corrected chi connectivity index (χ3v) is 2.92. The molecule has 0 radical (unpaired) electrons. The minimum atomic E-state index is 0.641. The Morgan fingerprint density at radius 1 is 1.25 bits per heavy atom. The first-order valence-corrected chi connectivity index (χ1v) is 6.78. The number of aromatic nitrogens is 2. The van der Waals surface area contributed by atoms with Gasteiger partial charge in [0, 0.05) is 19.0 Å². The Hall–Kier alpha value is -1.85. The minimum absolute atomic E-state index is 0.641. The molecule has 2 N–H and O–H groups in total. The zero-order valence-electron chi connectivity index (χ0n) is 11.8. The van der Waals surface area contributed by atoms with E-state index in [0.717, 1.165) is 43.3 Å². The van der Waals surface area contributed by atoms with Crippen molar-refractivity contribution in [1.29, 1.82) is 0 Å². The van der Waals surface area contributed by atoms with Gasteiger partial charge < -0.3 is 19.8 Å². The summed E-state index contributed by atoms with van der Waals surface area (Å²) in [6.07, 6.45) is 4.57. The zero-order valence-corrected chi connectivity index (χ0v) is 11.8. The van der Waals surface area contributed by atoms with E-state index in [2.05, 4.69) is 15.3 Å². The Kier molecular flexibility index (Phi) is 6.07. The van der Waals surface area contributed by atoms with Crippen molar-refractivity contribution in [1.82, 2.24) is 15.3 Å². The van der Waals surface area contributed by atoms with Crippen LogP contribution in [0.4, 0.5) is 0 Å². The van der Waals surface area contributed by atoms with Crippen molar-refractivity contribution in [3.8, 4) is 5.75 Å². The van der Waals surface area contributed by atoms with Gasteiger partial charge in [-0.3, -0.25) is 0 Å². The number of hydrogen-bond acceptors (Lipinski definition) is 4. The van der Waals surface area contributed by atoms with Crippen LogP contribution < -0.4 is 10.1 Å². The van der Waals surface area contributed by atoms with Crippen LogP contribution in [0.1, 0.15) is 17.8 Å². The summed E-state index contributed by atoms with van der Waals surface area (Å²) >= 11 is 0. The van der Waals surface area contributed by atoms with E-state index >= 15 is 0 Å². The first-order valence-electron chi connectivity index (χ1n) is 6.78. The highest BCUT2D eigenvalue weighted by molar-refractivity contribution is 5.26. The quantitative estimate of drug-likeness (QED) is 0.688. The van der Waals surface area contributed by atoms with E-state index in [-0.39, 0.29) is 0 Å². The number of methoxy groups -OCH3 is 1. The van der Waals surface area contributed by atoms with Crippen LogP contribution in [0.2, 0.25) is 0 Å². The van der Waals surface area contributed by atoms with Crippen molar-refractivity contribution in [3.63, 3.8) is 0 Å². The average molecular weight is 275 g/mol.